The van der Waals surface area contributed by atoms with Gasteiger partial charge in [-0.15, -0.1) is 0 Å². The van der Waals surface area contributed by atoms with Crippen molar-refractivity contribution in [2.45, 2.75) is 45.8 Å². The second-order valence-electron chi connectivity index (χ2n) is 4.78. The van der Waals surface area contributed by atoms with Gasteiger partial charge >= 0.3 is 12.1 Å². The number of hydrogen-bond donors (Lipinski definition) is 2. The van der Waals surface area contributed by atoms with Crippen LogP contribution in [0.1, 0.15) is 34.1 Å². The number of rotatable bonds is 6. The molecule has 0 saturated heterocycles. The van der Waals surface area contributed by atoms with Crippen LogP contribution in [0.2, 0.25) is 0 Å². The topological polar surface area (TPSA) is 84.9 Å². The molecule has 0 rings (SSSR count). The molecule has 6 nitrogen and oxygen atoms in total. The Labute approximate surface area is 101 Å². The Morgan fingerprint density at radius 2 is 1.94 bits per heavy atom. The van der Waals surface area contributed by atoms with Gasteiger partial charge in [0.15, 0.2) is 0 Å². The maximum absolute atomic E-state index is 11.3. The number of carbonyl (C=O) groups excluding carboxylic acids is 1. The lowest BCUT2D eigenvalue weighted by atomic mass is 10.2. The molecule has 2 N–H and O–H groups in total. The molecule has 6 heteroatoms. The number of nitrogens with one attached hydrogen (secondary N) is 1. The first-order chi connectivity index (χ1) is 7.70. The highest BCUT2D eigenvalue weighted by molar-refractivity contribution is 5.68. The largest absolute Gasteiger partial charge is 0.480 e. The third-order valence-corrected chi connectivity index (χ3v) is 1.68. The zero-order valence-corrected chi connectivity index (χ0v) is 10.8. The van der Waals surface area contributed by atoms with Gasteiger partial charge < -0.3 is 19.9 Å². The summed E-state index contributed by atoms with van der Waals surface area (Å²) >= 11 is 0. The molecular weight excluding hydrogens is 226 g/mol. The van der Waals surface area contributed by atoms with Gasteiger partial charge in [0.1, 0.15) is 12.2 Å². The number of aliphatic carboxylic acids is 1. The quantitative estimate of drug-likeness (QED) is 0.693. The second kappa shape index (κ2) is 7.11. The van der Waals surface area contributed by atoms with E-state index in [9.17, 15) is 9.59 Å². The molecule has 0 heterocycles. The van der Waals surface area contributed by atoms with Crippen LogP contribution in [0.5, 0.6) is 0 Å². The Balaban J connectivity index is 3.68. The zero-order chi connectivity index (χ0) is 13.5. The summed E-state index contributed by atoms with van der Waals surface area (Å²) in [6.45, 7) is 7.12. The summed E-state index contributed by atoms with van der Waals surface area (Å²) in [5.74, 6) is -1.00. The van der Waals surface area contributed by atoms with Crippen molar-refractivity contribution < 1.29 is 24.2 Å². The molecule has 0 saturated carbocycles. The number of ether oxygens (including phenoxy) is 2. The van der Waals surface area contributed by atoms with Crippen LogP contribution < -0.4 is 5.32 Å². The van der Waals surface area contributed by atoms with Gasteiger partial charge in [-0.2, -0.15) is 0 Å². The van der Waals surface area contributed by atoms with E-state index in [1.54, 1.807) is 27.7 Å². The van der Waals surface area contributed by atoms with Gasteiger partial charge in [0, 0.05) is 12.6 Å². The van der Waals surface area contributed by atoms with Crippen molar-refractivity contribution in [1.29, 1.82) is 0 Å². The van der Waals surface area contributed by atoms with Gasteiger partial charge in [-0.05, 0) is 34.1 Å². The summed E-state index contributed by atoms with van der Waals surface area (Å²) in [6.07, 6.45) is 0.0511. The smallest absolute Gasteiger partial charge is 0.407 e. The third kappa shape index (κ3) is 11.0. The van der Waals surface area contributed by atoms with Crippen LogP contribution in [0.15, 0.2) is 0 Å². The summed E-state index contributed by atoms with van der Waals surface area (Å²) in [5, 5.41) is 11.0. The molecule has 0 aromatic heterocycles. The number of alkyl carbamates (subject to hydrolysis) is 1. The molecule has 0 spiro atoms. The summed E-state index contributed by atoms with van der Waals surface area (Å²) in [6, 6.07) is -0.126. The molecule has 0 radical (unpaired) electrons. The van der Waals surface area contributed by atoms with Crippen LogP contribution in [0.4, 0.5) is 4.79 Å². The third-order valence-electron chi connectivity index (χ3n) is 1.68. The van der Waals surface area contributed by atoms with Gasteiger partial charge in [-0.1, -0.05) is 0 Å². The molecule has 0 aromatic carbocycles. The first kappa shape index (κ1) is 15.7. The Morgan fingerprint density at radius 3 is 2.41 bits per heavy atom. The highest BCUT2D eigenvalue weighted by atomic mass is 16.6. The van der Waals surface area contributed by atoms with E-state index in [4.69, 9.17) is 14.6 Å². The minimum absolute atomic E-state index is 0.126. The molecule has 0 aliphatic carbocycles. The predicted molar refractivity (Wildman–Crippen MR) is 61.9 cm³/mol. The van der Waals surface area contributed by atoms with E-state index in [2.05, 4.69) is 5.32 Å². The SMILES string of the molecule is C[C@H](CCOCC(=O)O)NC(=O)OC(C)(C)C. The molecule has 0 unspecified atom stereocenters. The van der Waals surface area contributed by atoms with Crippen LogP contribution >= 0.6 is 0 Å². The van der Waals surface area contributed by atoms with Gasteiger partial charge in [-0.3, -0.25) is 0 Å². The van der Waals surface area contributed by atoms with E-state index in [0.717, 1.165) is 0 Å². The highest BCUT2D eigenvalue weighted by Gasteiger charge is 2.17. The average molecular weight is 247 g/mol. The van der Waals surface area contributed by atoms with Crippen molar-refractivity contribution in [2.24, 2.45) is 0 Å². The zero-order valence-electron chi connectivity index (χ0n) is 10.8. The van der Waals surface area contributed by atoms with Crippen LogP contribution in [0.25, 0.3) is 0 Å². The summed E-state index contributed by atoms with van der Waals surface area (Å²) in [7, 11) is 0. The maximum Gasteiger partial charge on any atom is 0.407 e. The Hall–Kier alpha value is -1.30. The Morgan fingerprint density at radius 1 is 1.35 bits per heavy atom. The molecule has 0 aromatic rings. The van der Waals surface area contributed by atoms with E-state index in [1.165, 1.54) is 0 Å². The lowest BCUT2D eigenvalue weighted by Gasteiger charge is -2.21. The maximum atomic E-state index is 11.3. The normalized spacial score (nSPS) is 12.9. The number of amides is 1. The second-order valence-corrected chi connectivity index (χ2v) is 4.78. The van der Waals surface area contributed by atoms with Gasteiger partial charge in [-0.25, -0.2) is 9.59 Å². The van der Waals surface area contributed by atoms with Crippen molar-refractivity contribution in [3.05, 3.63) is 0 Å². The Bertz CT molecular complexity index is 259. The number of carboxylic acid groups (broad SMARTS) is 1. The van der Waals surface area contributed by atoms with Crippen molar-refractivity contribution in [2.75, 3.05) is 13.2 Å². The van der Waals surface area contributed by atoms with E-state index >= 15 is 0 Å². The van der Waals surface area contributed by atoms with Crippen molar-refractivity contribution in [1.82, 2.24) is 5.32 Å². The van der Waals surface area contributed by atoms with Gasteiger partial charge in [0.25, 0.3) is 0 Å². The van der Waals surface area contributed by atoms with Crippen LogP contribution in [0.3, 0.4) is 0 Å². The van der Waals surface area contributed by atoms with Crippen LogP contribution in [-0.4, -0.2) is 42.0 Å². The molecule has 0 aliphatic heterocycles. The fourth-order valence-electron chi connectivity index (χ4n) is 1.00. The van der Waals surface area contributed by atoms with Crippen LogP contribution in [0, 0.1) is 0 Å². The average Bonchev–Trinajstić information content (AvgIpc) is 2.08. The van der Waals surface area contributed by atoms with E-state index in [1.807, 2.05) is 0 Å². The number of carbonyl (C=O) groups is 2. The molecule has 0 bridgehead atoms. The fourth-order valence-corrected chi connectivity index (χ4v) is 1.00. The van der Waals surface area contributed by atoms with E-state index in [-0.39, 0.29) is 19.3 Å². The van der Waals surface area contributed by atoms with E-state index in [0.29, 0.717) is 6.42 Å². The molecule has 17 heavy (non-hydrogen) atoms. The van der Waals surface area contributed by atoms with E-state index < -0.39 is 17.7 Å². The van der Waals surface area contributed by atoms with Crippen LogP contribution in [-0.2, 0) is 14.3 Å². The minimum atomic E-state index is -1.00. The molecule has 0 aliphatic rings. The fraction of sp³-hybridized carbons (Fsp3) is 0.818. The lowest BCUT2D eigenvalue weighted by molar-refractivity contribution is -0.142. The molecule has 0 fully saturated rings. The summed E-state index contributed by atoms with van der Waals surface area (Å²) < 4.78 is 9.92. The number of hydrogen-bond acceptors (Lipinski definition) is 4. The molecule has 1 atom stereocenters. The van der Waals surface area contributed by atoms with Gasteiger partial charge in [0.2, 0.25) is 0 Å². The Kier molecular flexibility index (Phi) is 6.57. The summed E-state index contributed by atoms with van der Waals surface area (Å²) in [4.78, 5) is 21.5. The van der Waals surface area contributed by atoms with Crippen molar-refractivity contribution in [3.8, 4) is 0 Å². The highest BCUT2D eigenvalue weighted by Crippen LogP contribution is 2.07. The monoisotopic (exact) mass is 247 g/mol. The van der Waals surface area contributed by atoms with Gasteiger partial charge in [0.05, 0.1) is 0 Å². The summed E-state index contributed by atoms with van der Waals surface area (Å²) in [5.41, 5.74) is -0.524. The predicted octanol–water partition coefficient (Wildman–Crippen LogP) is 1.39. The first-order valence-corrected chi connectivity index (χ1v) is 5.50. The number of carboxylic acids is 1. The molecular formula is C11H21NO5. The van der Waals surface area contributed by atoms with Crippen molar-refractivity contribution >= 4 is 12.1 Å². The van der Waals surface area contributed by atoms with Crippen molar-refractivity contribution in [3.63, 3.8) is 0 Å². The minimum Gasteiger partial charge on any atom is -0.480 e. The first-order valence-electron chi connectivity index (χ1n) is 5.50. The molecule has 100 valence electrons. The lowest BCUT2D eigenvalue weighted by Crippen LogP contribution is -2.38. The molecule has 1 amide bonds. The standard InChI is InChI=1S/C11H21NO5/c1-8(5-6-16-7-9(13)14)12-10(15)17-11(2,3)4/h8H,5-7H2,1-4H3,(H,12,15)(H,13,14)/t8-/m1/s1.